The van der Waals surface area contributed by atoms with Crippen molar-refractivity contribution >= 4 is 12.0 Å². The summed E-state index contributed by atoms with van der Waals surface area (Å²) in [6, 6.07) is 10.3. The number of nitrogens with one attached hydrogen (secondary N) is 1. The molecule has 1 amide bonds. The Morgan fingerprint density at radius 3 is 2.62 bits per heavy atom. The van der Waals surface area contributed by atoms with Gasteiger partial charge in [-0.2, -0.15) is 0 Å². The van der Waals surface area contributed by atoms with Gasteiger partial charge >= 0.3 is 0 Å². The summed E-state index contributed by atoms with van der Waals surface area (Å²) in [5.74, 6) is 0.0875. The molecule has 1 atom stereocenters. The Hall–Kier alpha value is -1.69. The largest absolute Gasteiger partial charge is 0.383 e. The fraction of sp³-hybridized carbons (Fsp3) is 0.526. The summed E-state index contributed by atoms with van der Waals surface area (Å²) < 4.78 is 4.96. The predicted octanol–water partition coefficient (Wildman–Crippen LogP) is 1.47. The minimum Gasteiger partial charge on any atom is -0.383 e. The molecule has 5 heteroatoms. The van der Waals surface area contributed by atoms with E-state index in [9.17, 15) is 4.79 Å². The van der Waals surface area contributed by atoms with Crippen LogP contribution in [0.15, 0.2) is 36.4 Å². The maximum absolute atomic E-state index is 12.1. The average molecular weight is 331 g/mol. The van der Waals surface area contributed by atoms with Gasteiger partial charge in [0.2, 0.25) is 5.91 Å². The van der Waals surface area contributed by atoms with Gasteiger partial charge in [-0.05, 0) is 12.5 Å². The van der Waals surface area contributed by atoms with E-state index < -0.39 is 0 Å². The normalized spacial score (nSPS) is 17.9. The van der Waals surface area contributed by atoms with Gasteiger partial charge < -0.3 is 10.1 Å². The molecule has 2 rings (SSSR count). The second kappa shape index (κ2) is 10.2. The standard InChI is InChI=1S/C19H29N3O2/c1-17(19(23)20-10-16-24-2)22-14-12-21(13-15-22)11-6-9-18-7-4-3-5-8-18/h3-9,17H,10-16H2,1-2H3,(H,20,23)/b9-6+/t17-/m0/s1. The molecule has 0 spiro atoms. The lowest BCUT2D eigenvalue weighted by Gasteiger charge is -2.37. The Morgan fingerprint density at radius 1 is 1.25 bits per heavy atom. The number of amides is 1. The smallest absolute Gasteiger partial charge is 0.237 e. The van der Waals surface area contributed by atoms with Gasteiger partial charge in [-0.3, -0.25) is 14.6 Å². The Bertz CT molecular complexity index is 511. The number of nitrogens with zero attached hydrogens (tertiary/aromatic N) is 2. The van der Waals surface area contributed by atoms with Gasteiger partial charge in [0.15, 0.2) is 0 Å². The van der Waals surface area contributed by atoms with Gasteiger partial charge in [-0.25, -0.2) is 0 Å². The number of hydrogen-bond acceptors (Lipinski definition) is 4. The van der Waals surface area contributed by atoms with Crippen LogP contribution in [-0.2, 0) is 9.53 Å². The maximum Gasteiger partial charge on any atom is 0.237 e. The van der Waals surface area contributed by atoms with Crippen LogP contribution in [0.4, 0.5) is 0 Å². The second-order valence-electron chi connectivity index (χ2n) is 6.11. The van der Waals surface area contributed by atoms with Crippen molar-refractivity contribution in [1.82, 2.24) is 15.1 Å². The Balaban J connectivity index is 1.69. The fourth-order valence-electron chi connectivity index (χ4n) is 2.83. The number of carbonyl (C=O) groups is 1. The first-order valence-corrected chi connectivity index (χ1v) is 8.65. The Morgan fingerprint density at radius 2 is 1.96 bits per heavy atom. The molecule has 1 saturated heterocycles. The number of hydrogen-bond donors (Lipinski definition) is 1. The molecule has 0 radical (unpaired) electrons. The quantitative estimate of drug-likeness (QED) is 0.733. The topological polar surface area (TPSA) is 44.8 Å². The monoisotopic (exact) mass is 331 g/mol. The minimum atomic E-state index is -0.0798. The van der Waals surface area contributed by atoms with Gasteiger partial charge in [0.05, 0.1) is 12.6 Å². The van der Waals surface area contributed by atoms with Crippen molar-refractivity contribution in [3.63, 3.8) is 0 Å². The molecule has 0 unspecified atom stereocenters. The zero-order chi connectivity index (χ0) is 17.2. The predicted molar refractivity (Wildman–Crippen MR) is 97.8 cm³/mol. The highest BCUT2D eigenvalue weighted by molar-refractivity contribution is 5.81. The van der Waals surface area contributed by atoms with Gasteiger partial charge in [0.1, 0.15) is 0 Å². The third-order valence-electron chi connectivity index (χ3n) is 4.41. The Labute approximate surface area is 145 Å². The van der Waals surface area contributed by atoms with Crippen molar-refractivity contribution in [2.24, 2.45) is 0 Å². The summed E-state index contributed by atoms with van der Waals surface area (Å²) in [6.45, 7) is 7.91. The average Bonchev–Trinajstić information content (AvgIpc) is 2.63. The maximum atomic E-state index is 12.1. The molecular weight excluding hydrogens is 302 g/mol. The van der Waals surface area contributed by atoms with Crippen LogP contribution in [0.5, 0.6) is 0 Å². The van der Waals surface area contributed by atoms with Crippen molar-refractivity contribution in [3.05, 3.63) is 42.0 Å². The molecule has 24 heavy (non-hydrogen) atoms. The van der Waals surface area contributed by atoms with Crippen molar-refractivity contribution in [3.8, 4) is 0 Å². The van der Waals surface area contributed by atoms with Crippen LogP contribution in [0, 0.1) is 0 Å². The van der Waals surface area contributed by atoms with E-state index in [4.69, 9.17) is 4.74 Å². The zero-order valence-electron chi connectivity index (χ0n) is 14.8. The van der Waals surface area contributed by atoms with E-state index in [2.05, 4.69) is 51.5 Å². The third-order valence-corrected chi connectivity index (χ3v) is 4.41. The van der Waals surface area contributed by atoms with Crippen molar-refractivity contribution < 1.29 is 9.53 Å². The number of benzene rings is 1. The van der Waals surface area contributed by atoms with Crippen LogP contribution in [0.2, 0.25) is 0 Å². The van der Waals surface area contributed by atoms with Crippen LogP contribution in [0.3, 0.4) is 0 Å². The molecule has 1 N–H and O–H groups in total. The van der Waals surface area contributed by atoms with E-state index in [0.717, 1.165) is 32.7 Å². The van der Waals surface area contributed by atoms with Gasteiger partial charge in [0, 0.05) is 46.4 Å². The molecule has 5 nitrogen and oxygen atoms in total. The molecule has 0 saturated carbocycles. The lowest BCUT2D eigenvalue weighted by atomic mass is 10.2. The molecule has 1 heterocycles. The molecule has 1 aliphatic rings. The van der Waals surface area contributed by atoms with E-state index in [-0.39, 0.29) is 11.9 Å². The third kappa shape index (κ3) is 6.07. The number of ether oxygens (including phenoxy) is 1. The van der Waals surface area contributed by atoms with Crippen molar-refractivity contribution in [2.75, 3.05) is 53.0 Å². The number of carbonyl (C=O) groups excluding carboxylic acids is 1. The van der Waals surface area contributed by atoms with Gasteiger partial charge in [0.25, 0.3) is 0 Å². The van der Waals surface area contributed by atoms with Crippen LogP contribution < -0.4 is 5.32 Å². The van der Waals surface area contributed by atoms with Gasteiger partial charge in [-0.1, -0.05) is 42.5 Å². The number of rotatable bonds is 8. The van der Waals surface area contributed by atoms with Crippen LogP contribution in [-0.4, -0.2) is 74.7 Å². The summed E-state index contributed by atoms with van der Waals surface area (Å²) in [4.78, 5) is 16.8. The Kier molecular flexibility index (Phi) is 7.95. The highest BCUT2D eigenvalue weighted by Crippen LogP contribution is 2.07. The van der Waals surface area contributed by atoms with E-state index >= 15 is 0 Å². The second-order valence-corrected chi connectivity index (χ2v) is 6.11. The summed E-state index contributed by atoms with van der Waals surface area (Å²) in [5, 5.41) is 2.91. The van der Waals surface area contributed by atoms with Crippen molar-refractivity contribution in [2.45, 2.75) is 13.0 Å². The highest BCUT2D eigenvalue weighted by atomic mass is 16.5. The lowest BCUT2D eigenvalue weighted by Crippen LogP contribution is -2.54. The van der Waals surface area contributed by atoms with Crippen LogP contribution in [0.25, 0.3) is 6.08 Å². The number of methoxy groups -OCH3 is 1. The summed E-state index contributed by atoms with van der Waals surface area (Å²) in [7, 11) is 1.64. The molecule has 132 valence electrons. The highest BCUT2D eigenvalue weighted by Gasteiger charge is 2.24. The molecule has 0 aliphatic carbocycles. The van der Waals surface area contributed by atoms with Crippen molar-refractivity contribution in [1.29, 1.82) is 0 Å². The molecular formula is C19H29N3O2. The van der Waals surface area contributed by atoms with E-state index in [0.29, 0.717) is 13.2 Å². The fourth-order valence-corrected chi connectivity index (χ4v) is 2.83. The molecule has 0 bridgehead atoms. The van der Waals surface area contributed by atoms with E-state index in [1.807, 2.05) is 13.0 Å². The lowest BCUT2D eigenvalue weighted by molar-refractivity contribution is -0.126. The molecule has 1 fully saturated rings. The van der Waals surface area contributed by atoms with Crippen LogP contribution >= 0.6 is 0 Å². The summed E-state index contributed by atoms with van der Waals surface area (Å²) in [5.41, 5.74) is 1.23. The summed E-state index contributed by atoms with van der Waals surface area (Å²) in [6.07, 6.45) is 4.38. The molecule has 1 aliphatic heterocycles. The first-order chi connectivity index (χ1) is 11.7. The molecule has 1 aromatic carbocycles. The summed E-state index contributed by atoms with van der Waals surface area (Å²) >= 11 is 0. The first kappa shape index (κ1) is 18.6. The first-order valence-electron chi connectivity index (χ1n) is 8.65. The molecule has 0 aromatic heterocycles. The zero-order valence-corrected chi connectivity index (χ0v) is 14.8. The SMILES string of the molecule is COCCNC(=O)[C@H](C)N1CCN(C/C=C/c2ccccc2)CC1. The minimum absolute atomic E-state index is 0.0798. The van der Waals surface area contributed by atoms with E-state index in [1.54, 1.807) is 7.11 Å². The van der Waals surface area contributed by atoms with Gasteiger partial charge in [-0.15, -0.1) is 0 Å². The van der Waals surface area contributed by atoms with E-state index in [1.165, 1.54) is 5.56 Å². The van der Waals surface area contributed by atoms with Crippen LogP contribution in [0.1, 0.15) is 12.5 Å². The molecule has 1 aromatic rings. The number of piperazine rings is 1.